The van der Waals surface area contributed by atoms with Gasteiger partial charge in [0.05, 0.1) is 19.3 Å². The van der Waals surface area contributed by atoms with Crippen molar-refractivity contribution in [1.82, 2.24) is 9.97 Å². The van der Waals surface area contributed by atoms with Crippen molar-refractivity contribution in [2.45, 2.75) is 32.7 Å². The van der Waals surface area contributed by atoms with E-state index in [-0.39, 0.29) is 12.0 Å². The summed E-state index contributed by atoms with van der Waals surface area (Å²) in [5.74, 6) is 7.35. The summed E-state index contributed by atoms with van der Waals surface area (Å²) in [5.41, 5.74) is 3.66. The van der Waals surface area contributed by atoms with Crippen molar-refractivity contribution >= 4 is 11.6 Å². The number of nitrogens with zero attached hydrogens (tertiary/aromatic N) is 3. The predicted molar refractivity (Wildman–Crippen MR) is 84.5 cm³/mol. The van der Waals surface area contributed by atoms with Crippen LogP contribution in [0.2, 0.25) is 0 Å². The van der Waals surface area contributed by atoms with Gasteiger partial charge in [0.25, 0.3) is 0 Å². The fourth-order valence-corrected chi connectivity index (χ4v) is 2.32. The molecule has 0 bridgehead atoms. The molecule has 1 aromatic rings. The van der Waals surface area contributed by atoms with E-state index in [0.717, 1.165) is 17.9 Å². The highest BCUT2D eigenvalue weighted by atomic mass is 16.5. The van der Waals surface area contributed by atoms with Crippen LogP contribution in [0, 0.1) is 0 Å². The van der Waals surface area contributed by atoms with Crippen LogP contribution in [0.25, 0.3) is 0 Å². The first-order chi connectivity index (χ1) is 10.1. The fraction of sp³-hybridized carbons (Fsp3) is 0.714. The second kappa shape index (κ2) is 8.76. The van der Waals surface area contributed by atoms with E-state index in [1.165, 1.54) is 6.33 Å². The minimum Gasteiger partial charge on any atom is -0.383 e. The molecule has 1 unspecified atom stereocenters. The van der Waals surface area contributed by atoms with E-state index in [1.807, 2.05) is 0 Å². The third-order valence-corrected chi connectivity index (χ3v) is 3.33. The van der Waals surface area contributed by atoms with Gasteiger partial charge in [-0.25, -0.2) is 15.8 Å². The maximum Gasteiger partial charge on any atom is 0.148 e. The summed E-state index contributed by atoms with van der Waals surface area (Å²) in [5, 5.41) is 0. The maximum atomic E-state index is 5.58. The minimum atomic E-state index is 0.170. The molecule has 0 saturated heterocycles. The number of ether oxygens (including phenoxy) is 2. The van der Waals surface area contributed by atoms with Gasteiger partial charge in [-0.15, -0.1) is 0 Å². The molecule has 7 nitrogen and oxygen atoms in total. The van der Waals surface area contributed by atoms with Gasteiger partial charge in [-0.05, 0) is 12.8 Å². The largest absolute Gasteiger partial charge is 0.383 e. The van der Waals surface area contributed by atoms with Gasteiger partial charge in [-0.2, -0.15) is 0 Å². The number of anilines is 2. The number of nitrogens with two attached hydrogens (primary N) is 1. The molecule has 1 atom stereocenters. The predicted octanol–water partition coefficient (Wildman–Crippen LogP) is 1.37. The molecule has 0 aliphatic rings. The zero-order valence-corrected chi connectivity index (χ0v) is 13.6. The summed E-state index contributed by atoms with van der Waals surface area (Å²) in [6.07, 6.45) is 1.52. The lowest BCUT2D eigenvalue weighted by Gasteiger charge is -2.32. The van der Waals surface area contributed by atoms with E-state index >= 15 is 0 Å². The molecular formula is C14H27N5O2. The molecule has 0 amide bonds. The Kier molecular flexibility index (Phi) is 7.35. The normalized spacial score (nSPS) is 12.5. The van der Waals surface area contributed by atoms with E-state index in [2.05, 4.69) is 41.1 Å². The Hall–Kier alpha value is -1.44. The Balaban J connectivity index is 3.22. The van der Waals surface area contributed by atoms with Crippen molar-refractivity contribution in [3.05, 3.63) is 11.9 Å². The van der Waals surface area contributed by atoms with Crippen LogP contribution in [0.1, 0.15) is 32.3 Å². The Bertz CT molecular complexity index is 428. The number of aromatic nitrogens is 2. The van der Waals surface area contributed by atoms with E-state index in [9.17, 15) is 0 Å². The van der Waals surface area contributed by atoms with E-state index in [4.69, 9.17) is 15.3 Å². The van der Waals surface area contributed by atoms with Crippen LogP contribution in [0.5, 0.6) is 0 Å². The van der Waals surface area contributed by atoms with Crippen molar-refractivity contribution in [3.8, 4) is 0 Å². The average Bonchev–Trinajstić information content (AvgIpc) is 2.47. The number of nitrogens with one attached hydrogen (secondary N) is 1. The summed E-state index contributed by atoms with van der Waals surface area (Å²) in [6.45, 7) is 8.23. The zero-order chi connectivity index (χ0) is 15.8. The quantitative estimate of drug-likeness (QED) is 0.526. The molecule has 0 saturated carbocycles. The first kappa shape index (κ1) is 17.6. The molecule has 1 aromatic heterocycles. The zero-order valence-electron chi connectivity index (χ0n) is 13.6. The number of hydrogen-bond acceptors (Lipinski definition) is 7. The standard InChI is InChI=1S/C14H27N5O2/c1-10(2)12-13(18-15)16-9-17-14(12)19(6-7-20-4)11(3)8-21-5/h9-11H,6-8,15H2,1-5H3,(H,16,17,18). The Morgan fingerprint density at radius 1 is 1.24 bits per heavy atom. The number of nitrogen functional groups attached to an aromatic ring is 1. The second-order valence-electron chi connectivity index (χ2n) is 5.25. The molecule has 0 aliphatic carbocycles. The van der Waals surface area contributed by atoms with Crippen molar-refractivity contribution in [1.29, 1.82) is 0 Å². The number of rotatable bonds is 9. The first-order valence-corrected chi connectivity index (χ1v) is 7.12. The number of hydrazine groups is 1. The van der Waals surface area contributed by atoms with Gasteiger partial charge < -0.3 is 19.8 Å². The smallest absolute Gasteiger partial charge is 0.148 e. The Labute approximate surface area is 126 Å². The van der Waals surface area contributed by atoms with Gasteiger partial charge in [0.1, 0.15) is 18.0 Å². The molecule has 3 N–H and O–H groups in total. The van der Waals surface area contributed by atoms with Crippen LogP contribution in [0.3, 0.4) is 0 Å². The maximum absolute atomic E-state index is 5.58. The molecule has 7 heteroatoms. The second-order valence-corrected chi connectivity index (χ2v) is 5.25. The number of methoxy groups -OCH3 is 2. The molecule has 1 heterocycles. The SMILES string of the molecule is COCCN(c1ncnc(NN)c1C(C)C)C(C)COC. The van der Waals surface area contributed by atoms with Crippen LogP contribution >= 0.6 is 0 Å². The first-order valence-electron chi connectivity index (χ1n) is 7.12. The van der Waals surface area contributed by atoms with Gasteiger partial charge in [0, 0.05) is 26.3 Å². The molecule has 120 valence electrons. The monoisotopic (exact) mass is 297 g/mol. The molecule has 0 spiro atoms. The van der Waals surface area contributed by atoms with Gasteiger partial charge in [0.15, 0.2) is 0 Å². The minimum absolute atomic E-state index is 0.170. The summed E-state index contributed by atoms with van der Waals surface area (Å²) in [4.78, 5) is 10.9. The van der Waals surface area contributed by atoms with Crippen molar-refractivity contribution < 1.29 is 9.47 Å². The summed E-state index contributed by atoms with van der Waals surface area (Å²) in [7, 11) is 3.39. The van der Waals surface area contributed by atoms with Crippen LogP contribution in [-0.4, -0.2) is 50.0 Å². The van der Waals surface area contributed by atoms with Crippen molar-refractivity contribution in [3.63, 3.8) is 0 Å². The highest BCUT2D eigenvalue weighted by Gasteiger charge is 2.23. The third kappa shape index (κ3) is 4.52. The summed E-state index contributed by atoms with van der Waals surface area (Å²) < 4.78 is 10.5. The molecule has 1 rings (SSSR count). The molecule has 0 radical (unpaired) electrons. The number of hydrogen-bond donors (Lipinski definition) is 2. The van der Waals surface area contributed by atoms with Crippen LogP contribution in [0.4, 0.5) is 11.6 Å². The highest BCUT2D eigenvalue weighted by molar-refractivity contribution is 5.60. The van der Waals surface area contributed by atoms with Gasteiger partial charge >= 0.3 is 0 Å². The van der Waals surface area contributed by atoms with Crippen LogP contribution < -0.4 is 16.2 Å². The Morgan fingerprint density at radius 3 is 2.48 bits per heavy atom. The lowest BCUT2D eigenvalue weighted by Crippen LogP contribution is -2.40. The molecular weight excluding hydrogens is 270 g/mol. The molecule has 0 aromatic carbocycles. The van der Waals surface area contributed by atoms with Gasteiger partial charge in [-0.3, -0.25) is 0 Å². The lowest BCUT2D eigenvalue weighted by molar-refractivity contribution is 0.170. The molecule has 0 fully saturated rings. The van der Waals surface area contributed by atoms with Gasteiger partial charge in [-0.1, -0.05) is 13.8 Å². The van der Waals surface area contributed by atoms with Crippen molar-refractivity contribution in [2.75, 3.05) is 44.3 Å². The third-order valence-electron chi connectivity index (χ3n) is 3.33. The average molecular weight is 297 g/mol. The van der Waals surface area contributed by atoms with E-state index in [1.54, 1.807) is 14.2 Å². The molecule has 0 aliphatic heterocycles. The Morgan fingerprint density at radius 2 is 1.95 bits per heavy atom. The van der Waals surface area contributed by atoms with E-state index < -0.39 is 0 Å². The van der Waals surface area contributed by atoms with Crippen LogP contribution in [0.15, 0.2) is 6.33 Å². The fourth-order valence-electron chi connectivity index (χ4n) is 2.32. The summed E-state index contributed by atoms with van der Waals surface area (Å²) >= 11 is 0. The lowest BCUT2D eigenvalue weighted by atomic mass is 10.0. The van der Waals surface area contributed by atoms with Crippen molar-refractivity contribution in [2.24, 2.45) is 5.84 Å². The van der Waals surface area contributed by atoms with Gasteiger partial charge in [0.2, 0.25) is 0 Å². The van der Waals surface area contributed by atoms with E-state index in [0.29, 0.717) is 19.0 Å². The topological polar surface area (TPSA) is 85.5 Å². The summed E-state index contributed by atoms with van der Waals surface area (Å²) in [6, 6.07) is 0.170. The highest BCUT2D eigenvalue weighted by Crippen LogP contribution is 2.31. The molecule has 21 heavy (non-hydrogen) atoms. The van der Waals surface area contributed by atoms with Crippen LogP contribution in [-0.2, 0) is 9.47 Å².